The summed E-state index contributed by atoms with van der Waals surface area (Å²) >= 11 is 0. The maximum absolute atomic E-state index is 12.9. The molecule has 0 radical (unpaired) electrons. The van der Waals surface area contributed by atoms with E-state index in [2.05, 4.69) is 15.3 Å². The first-order chi connectivity index (χ1) is 13.0. The van der Waals surface area contributed by atoms with Crippen molar-refractivity contribution in [1.82, 2.24) is 5.32 Å². The minimum Gasteiger partial charge on any atom is -0.484 e. The monoisotopic (exact) mass is 366 g/mol. The molecular formula is C20H22N4O3. The van der Waals surface area contributed by atoms with Crippen molar-refractivity contribution in [2.75, 3.05) is 13.1 Å². The van der Waals surface area contributed by atoms with Crippen LogP contribution in [0, 0.1) is 19.8 Å². The van der Waals surface area contributed by atoms with E-state index in [4.69, 9.17) is 10.3 Å². The number of fused-ring (bicyclic) bond motifs is 2. The van der Waals surface area contributed by atoms with Gasteiger partial charge in [-0.3, -0.25) is 9.59 Å². The van der Waals surface area contributed by atoms with E-state index in [1.165, 1.54) is 0 Å². The highest BCUT2D eigenvalue weighted by Gasteiger charge is 2.39. The number of amides is 1. The lowest BCUT2D eigenvalue weighted by molar-refractivity contribution is -0.120. The number of ether oxygens (including phenoxy) is 1. The van der Waals surface area contributed by atoms with Gasteiger partial charge in [0.05, 0.1) is 17.9 Å². The summed E-state index contributed by atoms with van der Waals surface area (Å²) in [6.07, 6.45) is 5.81. The molecule has 7 nitrogen and oxygen atoms in total. The SMILES string of the molecule is Cc1ccc2c(c1C)OC1C(CC(=O)NCCCN=[N+]=[N-])=CC=CC1C2=O. The second kappa shape index (κ2) is 8.10. The molecule has 1 amide bonds. The lowest BCUT2D eigenvalue weighted by Gasteiger charge is -2.35. The van der Waals surface area contributed by atoms with Crippen LogP contribution in [0.5, 0.6) is 5.75 Å². The van der Waals surface area contributed by atoms with Crippen LogP contribution in [0.4, 0.5) is 0 Å². The molecule has 3 rings (SSSR count). The standard InChI is InChI=1S/C20H22N4O3/c1-12-7-8-16-18(26)15-6-3-5-14(20(15)27-19(16)13(12)2)11-17(25)22-9-4-10-23-24-21/h3,5-8,15,20H,4,9-11H2,1-2H3,(H,22,25). The number of allylic oxidation sites excluding steroid dienone is 2. The summed E-state index contributed by atoms with van der Waals surface area (Å²) in [5, 5.41) is 6.24. The van der Waals surface area contributed by atoms with Gasteiger partial charge >= 0.3 is 0 Å². The highest BCUT2D eigenvalue weighted by molar-refractivity contribution is 6.03. The predicted molar refractivity (Wildman–Crippen MR) is 102 cm³/mol. The number of aryl methyl sites for hydroxylation is 1. The molecule has 0 fully saturated rings. The maximum Gasteiger partial charge on any atom is 0.224 e. The second-order valence-electron chi connectivity index (χ2n) is 6.77. The Balaban J connectivity index is 1.72. The lowest BCUT2D eigenvalue weighted by Crippen LogP contribution is -2.41. The smallest absolute Gasteiger partial charge is 0.224 e. The number of carbonyl (C=O) groups excluding carboxylic acids is 2. The molecule has 1 heterocycles. The van der Waals surface area contributed by atoms with Gasteiger partial charge in [0.1, 0.15) is 11.9 Å². The number of benzene rings is 1. The summed E-state index contributed by atoms with van der Waals surface area (Å²) < 4.78 is 6.21. The van der Waals surface area contributed by atoms with Crippen molar-refractivity contribution in [2.24, 2.45) is 11.0 Å². The molecule has 2 unspecified atom stereocenters. The number of nitrogens with one attached hydrogen (secondary N) is 1. The van der Waals surface area contributed by atoms with E-state index in [1.807, 2.05) is 44.2 Å². The molecule has 1 aliphatic carbocycles. The fourth-order valence-electron chi connectivity index (χ4n) is 3.37. The van der Waals surface area contributed by atoms with Crippen LogP contribution >= 0.6 is 0 Å². The first-order valence-electron chi connectivity index (χ1n) is 8.99. The van der Waals surface area contributed by atoms with Crippen LogP contribution in [-0.2, 0) is 4.79 Å². The molecular weight excluding hydrogens is 344 g/mol. The fraction of sp³-hybridized carbons (Fsp3) is 0.400. The zero-order valence-electron chi connectivity index (χ0n) is 15.4. The average Bonchev–Trinajstić information content (AvgIpc) is 2.66. The Morgan fingerprint density at radius 1 is 1.37 bits per heavy atom. The van der Waals surface area contributed by atoms with Gasteiger partial charge in [0.25, 0.3) is 0 Å². The van der Waals surface area contributed by atoms with Crippen molar-refractivity contribution < 1.29 is 14.3 Å². The van der Waals surface area contributed by atoms with E-state index >= 15 is 0 Å². The normalized spacial score (nSPS) is 19.9. The predicted octanol–water partition coefficient (Wildman–Crippen LogP) is 3.57. The average molecular weight is 366 g/mol. The number of hydrogen-bond donors (Lipinski definition) is 1. The Hall–Kier alpha value is -3.05. The number of carbonyl (C=O) groups is 2. The quantitative estimate of drug-likeness (QED) is 0.360. The molecule has 2 aliphatic rings. The van der Waals surface area contributed by atoms with Crippen LogP contribution in [0.3, 0.4) is 0 Å². The van der Waals surface area contributed by atoms with Gasteiger partial charge in [-0.05, 0) is 48.6 Å². The number of hydrogen-bond acceptors (Lipinski definition) is 4. The molecule has 1 aliphatic heterocycles. The molecule has 1 aromatic carbocycles. The topological polar surface area (TPSA) is 104 Å². The summed E-state index contributed by atoms with van der Waals surface area (Å²) in [6.45, 7) is 4.72. The number of azide groups is 1. The van der Waals surface area contributed by atoms with Crippen molar-refractivity contribution in [3.8, 4) is 5.75 Å². The number of rotatable bonds is 6. The van der Waals surface area contributed by atoms with Gasteiger partial charge in [0, 0.05) is 18.0 Å². The molecule has 0 saturated heterocycles. The van der Waals surface area contributed by atoms with E-state index in [0.29, 0.717) is 30.8 Å². The van der Waals surface area contributed by atoms with Gasteiger partial charge < -0.3 is 10.1 Å². The third-order valence-corrected chi connectivity index (χ3v) is 5.00. The second-order valence-corrected chi connectivity index (χ2v) is 6.77. The molecule has 0 saturated carbocycles. The van der Waals surface area contributed by atoms with Crippen LogP contribution in [0.1, 0.15) is 34.3 Å². The van der Waals surface area contributed by atoms with Gasteiger partial charge in [-0.15, -0.1) is 0 Å². The molecule has 27 heavy (non-hydrogen) atoms. The molecule has 1 aromatic rings. The van der Waals surface area contributed by atoms with E-state index in [0.717, 1.165) is 16.7 Å². The van der Waals surface area contributed by atoms with Crippen LogP contribution in [0.15, 0.2) is 41.0 Å². The molecule has 1 N–H and O–H groups in total. The third-order valence-electron chi connectivity index (χ3n) is 5.00. The summed E-state index contributed by atoms with van der Waals surface area (Å²) in [7, 11) is 0. The Morgan fingerprint density at radius 3 is 2.96 bits per heavy atom. The van der Waals surface area contributed by atoms with Gasteiger partial charge in [0.15, 0.2) is 5.78 Å². The van der Waals surface area contributed by atoms with Crippen molar-refractivity contribution in [3.63, 3.8) is 0 Å². The minimum atomic E-state index is -0.454. The van der Waals surface area contributed by atoms with Gasteiger partial charge in [-0.2, -0.15) is 0 Å². The Kier molecular flexibility index (Phi) is 5.62. The van der Waals surface area contributed by atoms with Crippen LogP contribution in [0.25, 0.3) is 10.4 Å². The maximum atomic E-state index is 12.9. The van der Waals surface area contributed by atoms with Crippen molar-refractivity contribution in [2.45, 2.75) is 32.8 Å². The number of Topliss-reactive ketones (excluding diaryl/α,β-unsaturated/α-hetero) is 1. The van der Waals surface area contributed by atoms with Crippen molar-refractivity contribution in [3.05, 3.63) is 63.1 Å². The van der Waals surface area contributed by atoms with Crippen LogP contribution in [-0.4, -0.2) is 30.9 Å². The first-order valence-corrected chi connectivity index (χ1v) is 8.99. The first kappa shape index (κ1) is 18.7. The molecule has 2 atom stereocenters. The Bertz CT molecular complexity index is 881. The number of ketones is 1. The van der Waals surface area contributed by atoms with Gasteiger partial charge in [0.2, 0.25) is 5.91 Å². The number of nitrogens with zero attached hydrogens (tertiary/aromatic N) is 3. The Morgan fingerprint density at radius 2 is 2.19 bits per heavy atom. The van der Waals surface area contributed by atoms with E-state index < -0.39 is 12.0 Å². The summed E-state index contributed by atoms with van der Waals surface area (Å²) in [5.41, 5.74) is 11.7. The van der Waals surface area contributed by atoms with E-state index in [1.54, 1.807) is 0 Å². The molecule has 0 bridgehead atoms. The van der Waals surface area contributed by atoms with Crippen LogP contribution < -0.4 is 10.1 Å². The molecule has 7 heteroatoms. The zero-order valence-corrected chi connectivity index (χ0v) is 15.4. The molecule has 0 aromatic heterocycles. The van der Waals surface area contributed by atoms with Crippen LogP contribution in [0.2, 0.25) is 0 Å². The fourth-order valence-corrected chi connectivity index (χ4v) is 3.37. The van der Waals surface area contributed by atoms with Gasteiger partial charge in [-0.1, -0.05) is 29.4 Å². The lowest BCUT2D eigenvalue weighted by atomic mass is 9.81. The summed E-state index contributed by atoms with van der Waals surface area (Å²) in [6, 6.07) is 3.75. The van der Waals surface area contributed by atoms with E-state index in [-0.39, 0.29) is 18.1 Å². The van der Waals surface area contributed by atoms with E-state index in [9.17, 15) is 9.59 Å². The molecule has 0 spiro atoms. The largest absolute Gasteiger partial charge is 0.484 e. The zero-order chi connectivity index (χ0) is 19.4. The third kappa shape index (κ3) is 3.88. The molecule has 140 valence electrons. The van der Waals surface area contributed by atoms with Crippen molar-refractivity contribution in [1.29, 1.82) is 0 Å². The summed E-state index contributed by atoms with van der Waals surface area (Å²) in [4.78, 5) is 27.8. The highest BCUT2D eigenvalue weighted by atomic mass is 16.5. The Labute approximate surface area is 157 Å². The minimum absolute atomic E-state index is 0.0287. The highest BCUT2D eigenvalue weighted by Crippen LogP contribution is 2.39. The van der Waals surface area contributed by atoms with Crippen molar-refractivity contribution >= 4 is 11.7 Å². The van der Waals surface area contributed by atoms with Gasteiger partial charge in [-0.25, -0.2) is 0 Å². The summed E-state index contributed by atoms with van der Waals surface area (Å²) in [5.74, 6) is 0.106.